The fourth-order valence-corrected chi connectivity index (χ4v) is 2.84. The van der Waals surface area contributed by atoms with E-state index in [1.807, 2.05) is 18.2 Å². The van der Waals surface area contributed by atoms with Crippen molar-refractivity contribution >= 4 is 29.9 Å². The molecule has 1 heterocycles. The molecular formula is C17H23Cl2N5O. The molecule has 25 heavy (non-hydrogen) atoms. The topological polar surface area (TPSA) is 85.8 Å². The molecule has 8 heteroatoms. The molecule has 1 aliphatic rings. The molecule has 0 radical (unpaired) electrons. The largest absolute Gasteiger partial charge is 0.348 e. The van der Waals surface area contributed by atoms with Gasteiger partial charge in [0.1, 0.15) is 5.82 Å². The standard InChI is InChI=1S/C17H22ClN5O.ClH/c1-2-5-15-21-16(17(24)20-10-13(19)11-8-9-11)22-23(15)14-7-4-3-6-12(14)18;/h3-4,6-7,11,13H,2,5,8-10,19H2,1H3,(H,20,24);1H. The Bertz CT molecular complexity index is 730. The Morgan fingerprint density at radius 3 is 2.80 bits per heavy atom. The van der Waals surface area contributed by atoms with E-state index in [1.54, 1.807) is 10.7 Å². The fraction of sp³-hybridized carbons (Fsp3) is 0.471. The van der Waals surface area contributed by atoms with Gasteiger partial charge in [-0.1, -0.05) is 30.7 Å². The summed E-state index contributed by atoms with van der Waals surface area (Å²) >= 11 is 6.26. The van der Waals surface area contributed by atoms with Crippen LogP contribution in [0.3, 0.4) is 0 Å². The number of rotatable bonds is 7. The van der Waals surface area contributed by atoms with Crippen LogP contribution in [0, 0.1) is 5.92 Å². The number of nitrogens with two attached hydrogens (primary N) is 1. The SMILES string of the molecule is CCCc1nc(C(=O)NCC(N)C2CC2)nn1-c1ccccc1Cl.Cl. The van der Waals surface area contributed by atoms with Crippen LogP contribution in [-0.2, 0) is 6.42 Å². The quantitative estimate of drug-likeness (QED) is 0.769. The summed E-state index contributed by atoms with van der Waals surface area (Å²) in [5, 5.41) is 7.77. The van der Waals surface area contributed by atoms with E-state index in [0.717, 1.165) is 30.8 Å². The summed E-state index contributed by atoms with van der Waals surface area (Å²) in [6, 6.07) is 7.40. The lowest BCUT2D eigenvalue weighted by Crippen LogP contribution is -2.38. The van der Waals surface area contributed by atoms with Crippen LogP contribution in [0.1, 0.15) is 42.6 Å². The first-order valence-electron chi connectivity index (χ1n) is 8.34. The molecule has 6 nitrogen and oxygen atoms in total. The zero-order valence-corrected chi connectivity index (χ0v) is 15.7. The van der Waals surface area contributed by atoms with Gasteiger partial charge in [-0.2, -0.15) is 0 Å². The first kappa shape index (κ1) is 19.7. The molecule has 0 bridgehead atoms. The maximum Gasteiger partial charge on any atom is 0.291 e. The molecule has 1 aromatic carbocycles. The van der Waals surface area contributed by atoms with Crippen LogP contribution >= 0.6 is 24.0 Å². The Balaban J connectivity index is 0.00000225. The van der Waals surface area contributed by atoms with Crippen LogP contribution in [0.25, 0.3) is 5.69 Å². The molecule has 1 atom stereocenters. The molecule has 3 rings (SSSR count). The molecule has 136 valence electrons. The lowest BCUT2D eigenvalue weighted by atomic mass is 10.2. The van der Waals surface area contributed by atoms with Crippen molar-refractivity contribution in [3.63, 3.8) is 0 Å². The summed E-state index contributed by atoms with van der Waals surface area (Å²) in [5.74, 6) is 1.12. The van der Waals surface area contributed by atoms with Crippen LogP contribution in [-0.4, -0.2) is 33.3 Å². The molecule has 1 saturated carbocycles. The average Bonchev–Trinajstić information content (AvgIpc) is 3.35. The van der Waals surface area contributed by atoms with Gasteiger partial charge in [0.2, 0.25) is 5.82 Å². The van der Waals surface area contributed by atoms with Gasteiger partial charge in [0, 0.05) is 19.0 Å². The van der Waals surface area contributed by atoms with E-state index >= 15 is 0 Å². The van der Waals surface area contributed by atoms with E-state index in [1.165, 1.54) is 0 Å². The fourth-order valence-electron chi connectivity index (χ4n) is 2.62. The molecule has 2 aromatic rings. The number of benzene rings is 1. The Kier molecular flexibility index (Phi) is 6.81. The molecule has 1 unspecified atom stereocenters. The highest BCUT2D eigenvalue weighted by molar-refractivity contribution is 6.32. The van der Waals surface area contributed by atoms with Crippen molar-refractivity contribution in [2.45, 2.75) is 38.6 Å². The molecule has 0 saturated heterocycles. The van der Waals surface area contributed by atoms with Crippen molar-refractivity contribution in [2.24, 2.45) is 11.7 Å². The van der Waals surface area contributed by atoms with E-state index in [2.05, 4.69) is 22.3 Å². The van der Waals surface area contributed by atoms with Gasteiger partial charge < -0.3 is 11.1 Å². The summed E-state index contributed by atoms with van der Waals surface area (Å²) in [5.41, 5.74) is 6.75. The number of nitrogens with one attached hydrogen (secondary N) is 1. The summed E-state index contributed by atoms with van der Waals surface area (Å²) < 4.78 is 1.65. The molecule has 1 aromatic heterocycles. The Hall–Kier alpha value is -1.63. The van der Waals surface area contributed by atoms with Crippen LogP contribution in [0.2, 0.25) is 5.02 Å². The van der Waals surface area contributed by atoms with Crippen molar-refractivity contribution in [3.8, 4) is 5.69 Å². The average molecular weight is 384 g/mol. The Labute approximate surface area is 158 Å². The maximum absolute atomic E-state index is 12.3. The second kappa shape index (κ2) is 8.65. The zero-order valence-electron chi connectivity index (χ0n) is 14.1. The number of hydrogen-bond acceptors (Lipinski definition) is 4. The normalized spacial score (nSPS) is 14.7. The molecular weight excluding hydrogens is 361 g/mol. The number of aromatic nitrogens is 3. The lowest BCUT2D eigenvalue weighted by Gasteiger charge is -2.10. The molecule has 0 aliphatic heterocycles. The molecule has 0 spiro atoms. The van der Waals surface area contributed by atoms with Gasteiger partial charge in [0.15, 0.2) is 0 Å². The minimum atomic E-state index is -0.297. The first-order chi connectivity index (χ1) is 11.6. The van der Waals surface area contributed by atoms with Gasteiger partial charge in [0.25, 0.3) is 5.91 Å². The van der Waals surface area contributed by atoms with Gasteiger partial charge in [-0.05, 0) is 37.3 Å². The van der Waals surface area contributed by atoms with Crippen molar-refractivity contribution in [1.29, 1.82) is 0 Å². The third-order valence-corrected chi connectivity index (χ3v) is 4.48. The highest BCUT2D eigenvalue weighted by atomic mass is 35.5. The number of aryl methyl sites for hydroxylation is 1. The maximum atomic E-state index is 12.3. The van der Waals surface area contributed by atoms with Crippen LogP contribution in [0.4, 0.5) is 0 Å². The highest BCUT2D eigenvalue weighted by Crippen LogP contribution is 2.31. The summed E-state index contributed by atoms with van der Waals surface area (Å²) in [6.45, 7) is 2.51. The molecule has 1 fully saturated rings. The van der Waals surface area contributed by atoms with E-state index in [9.17, 15) is 4.79 Å². The molecule has 1 aliphatic carbocycles. The number of hydrogen-bond donors (Lipinski definition) is 2. The van der Waals surface area contributed by atoms with Gasteiger partial charge >= 0.3 is 0 Å². The predicted molar refractivity (Wildman–Crippen MR) is 101 cm³/mol. The predicted octanol–water partition coefficient (Wildman–Crippen LogP) is 2.76. The number of para-hydroxylation sites is 1. The lowest BCUT2D eigenvalue weighted by molar-refractivity contribution is 0.0940. The van der Waals surface area contributed by atoms with Crippen LogP contribution in [0.5, 0.6) is 0 Å². The van der Waals surface area contributed by atoms with Gasteiger partial charge in [-0.15, -0.1) is 17.5 Å². The summed E-state index contributed by atoms with van der Waals surface area (Å²) in [7, 11) is 0. The minimum absolute atomic E-state index is 0. The molecule has 3 N–H and O–H groups in total. The number of amides is 1. The third kappa shape index (κ3) is 4.71. The van der Waals surface area contributed by atoms with Crippen molar-refractivity contribution in [3.05, 3.63) is 40.9 Å². The first-order valence-corrected chi connectivity index (χ1v) is 8.72. The molecule has 1 amide bonds. The Morgan fingerprint density at radius 1 is 1.44 bits per heavy atom. The van der Waals surface area contributed by atoms with Crippen LogP contribution < -0.4 is 11.1 Å². The summed E-state index contributed by atoms with van der Waals surface area (Å²) in [6.07, 6.45) is 3.91. The second-order valence-corrected chi connectivity index (χ2v) is 6.58. The van der Waals surface area contributed by atoms with Crippen molar-refractivity contribution in [2.75, 3.05) is 6.54 Å². The monoisotopic (exact) mass is 383 g/mol. The van der Waals surface area contributed by atoms with E-state index in [4.69, 9.17) is 17.3 Å². The number of halogens is 2. The van der Waals surface area contributed by atoms with Gasteiger partial charge in [-0.3, -0.25) is 4.79 Å². The number of carbonyl (C=O) groups is 1. The van der Waals surface area contributed by atoms with Crippen molar-refractivity contribution < 1.29 is 4.79 Å². The number of carbonyl (C=O) groups excluding carboxylic acids is 1. The number of nitrogens with zero attached hydrogens (tertiary/aromatic N) is 3. The van der Waals surface area contributed by atoms with E-state index in [0.29, 0.717) is 23.9 Å². The zero-order chi connectivity index (χ0) is 17.1. The van der Waals surface area contributed by atoms with Gasteiger partial charge in [-0.25, -0.2) is 9.67 Å². The van der Waals surface area contributed by atoms with E-state index < -0.39 is 0 Å². The minimum Gasteiger partial charge on any atom is -0.348 e. The Morgan fingerprint density at radius 2 is 2.16 bits per heavy atom. The smallest absolute Gasteiger partial charge is 0.291 e. The summed E-state index contributed by atoms with van der Waals surface area (Å²) in [4.78, 5) is 16.7. The second-order valence-electron chi connectivity index (χ2n) is 6.18. The highest BCUT2D eigenvalue weighted by Gasteiger charge is 2.29. The van der Waals surface area contributed by atoms with Crippen LogP contribution in [0.15, 0.2) is 24.3 Å². The van der Waals surface area contributed by atoms with Gasteiger partial charge in [0.05, 0.1) is 10.7 Å². The third-order valence-electron chi connectivity index (χ3n) is 4.16. The van der Waals surface area contributed by atoms with Crippen molar-refractivity contribution in [1.82, 2.24) is 20.1 Å². The van der Waals surface area contributed by atoms with E-state index in [-0.39, 0.29) is 30.2 Å².